The number of aryl methyl sites for hydroxylation is 1. The second-order valence-electron chi connectivity index (χ2n) is 9.13. The molecule has 1 atom stereocenters. The maximum Gasteiger partial charge on any atom is 0.283 e. The van der Waals surface area contributed by atoms with Crippen LogP contribution in [0.2, 0.25) is 0 Å². The van der Waals surface area contributed by atoms with Crippen LogP contribution in [0, 0.1) is 6.92 Å². The molecule has 0 aliphatic carbocycles. The van der Waals surface area contributed by atoms with E-state index in [1.807, 2.05) is 35.6 Å². The Kier molecular flexibility index (Phi) is 6.01. The second kappa shape index (κ2) is 9.45. The van der Waals surface area contributed by atoms with Gasteiger partial charge in [-0.1, -0.05) is 24.3 Å². The lowest BCUT2D eigenvalue weighted by Crippen LogP contribution is -2.40. The number of benzene rings is 2. The van der Waals surface area contributed by atoms with Crippen LogP contribution in [0.4, 0.5) is 0 Å². The minimum Gasteiger partial charge on any atom is -0.490 e. The Labute approximate surface area is 206 Å². The number of furan rings is 1. The van der Waals surface area contributed by atoms with Gasteiger partial charge in [-0.25, -0.2) is 0 Å². The van der Waals surface area contributed by atoms with Crippen molar-refractivity contribution in [3.63, 3.8) is 0 Å². The molecule has 0 bridgehead atoms. The predicted octanol–water partition coefficient (Wildman–Crippen LogP) is 5.63. The normalized spacial score (nSPS) is 16.3. The van der Waals surface area contributed by atoms with Gasteiger partial charge in [-0.3, -0.25) is 0 Å². The van der Waals surface area contributed by atoms with E-state index >= 15 is 0 Å². The molecule has 0 unspecified atom stereocenters. The minimum absolute atomic E-state index is 0.218. The largest absolute Gasteiger partial charge is 0.490 e. The number of aliphatic hydroxyl groups is 1. The van der Waals surface area contributed by atoms with Gasteiger partial charge in [0, 0.05) is 29.1 Å². The van der Waals surface area contributed by atoms with Gasteiger partial charge < -0.3 is 23.6 Å². The third kappa shape index (κ3) is 4.69. The first-order valence-electron chi connectivity index (χ1n) is 12.0. The molecule has 5 aromatic rings. The van der Waals surface area contributed by atoms with Gasteiger partial charge in [-0.05, 0) is 61.5 Å². The molecular formula is C27H27N3O4S. The van der Waals surface area contributed by atoms with Gasteiger partial charge in [-0.2, -0.15) is 0 Å². The molecule has 0 saturated carbocycles. The molecule has 2 aromatic carbocycles. The number of rotatable bonds is 7. The zero-order valence-corrected chi connectivity index (χ0v) is 20.3. The first kappa shape index (κ1) is 22.3. The summed E-state index contributed by atoms with van der Waals surface area (Å²) in [5, 5.41) is 20.7. The average Bonchev–Trinajstić information content (AvgIpc) is 3.60. The summed E-state index contributed by atoms with van der Waals surface area (Å²) in [7, 11) is 0. The van der Waals surface area contributed by atoms with Crippen molar-refractivity contribution in [2.45, 2.75) is 31.8 Å². The summed E-state index contributed by atoms with van der Waals surface area (Å²) in [6.07, 6.45) is 1.66. The summed E-state index contributed by atoms with van der Waals surface area (Å²) in [5.74, 6) is 2.58. The average molecular weight is 490 g/mol. The molecule has 1 fully saturated rings. The fourth-order valence-electron chi connectivity index (χ4n) is 4.80. The maximum atomic E-state index is 10.7. The SMILES string of the molecule is Cc1nnc(-c2cc3c(OC[C@@H](O)CN4CCC(c5cc6ccccc6s5)CC4)cccc3o2)o1. The molecule has 1 aliphatic heterocycles. The lowest BCUT2D eigenvalue weighted by Gasteiger charge is -2.32. The molecule has 3 aromatic heterocycles. The number of hydrogen-bond acceptors (Lipinski definition) is 8. The number of hydrogen-bond donors (Lipinski definition) is 1. The van der Waals surface area contributed by atoms with Crippen LogP contribution in [0.5, 0.6) is 5.75 Å². The van der Waals surface area contributed by atoms with Crippen molar-refractivity contribution < 1.29 is 18.7 Å². The number of thiophene rings is 1. The highest BCUT2D eigenvalue weighted by atomic mass is 32.1. The van der Waals surface area contributed by atoms with Gasteiger partial charge in [0.1, 0.15) is 24.0 Å². The standard InChI is InChI=1S/C27H27N3O4S/c1-17-28-29-27(33-17)24-14-21-22(6-4-7-23(21)34-24)32-16-20(31)15-30-11-9-18(10-12-30)26-13-19-5-2-3-8-25(19)35-26/h2-8,13-14,18,20,31H,9-12,15-16H2,1H3/t20-/m0/s1. The van der Waals surface area contributed by atoms with E-state index in [2.05, 4.69) is 45.4 Å². The van der Waals surface area contributed by atoms with E-state index in [0.29, 0.717) is 41.3 Å². The minimum atomic E-state index is -0.573. The van der Waals surface area contributed by atoms with Gasteiger partial charge in [-0.15, -0.1) is 21.5 Å². The Morgan fingerprint density at radius 3 is 2.74 bits per heavy atom. The van der Waals surface area contributed by atoms with Crippen LogP contribution in [0.3, 0.4) is 0 Å². The van der Waals surface area contributed by atoms with E-state index in [4.69, 9.17) is 13.6 Å². The summed E-state index contributed by atoms with van der Waals surface area (Å²) in [4.78, 5) is 3.82. The van der Waals surface area contributed by atoms with E-state index in [0.717, 1.165) is 31.3 Å². The quantitative estimate of drug-likeness (QED) is 0.317. The Balaban J connectivity index is 1.04. The van der Waals surface area contributed by atoms with E-state index in [-0.39, 0.29) is 6.61 Å². The molecule has 1 saturated heterocycles. The van der Waals surface area contributed by atoms with E-state index in [1.165, 1.54) is 15.0 Å². The fourth-order valence-corrected chi connectivity index (χ4v) is 6.04. The molecule has 0 amide bonds. The smallest absolute Gasteiger partial charge is 0.283 e. The predicted molar refractivity (Wildman–Crippen MR) is 136 cm³/mol. The lowest BCUT2D eigenvalue weighted by atomic mass is 9.95. The Morgan fingerprint density at radius 2 is 1.94 bits per heavy atom. The number of nitrogens with zero attached hydrogens (tertiary/aromatic N) is 3. The van der Waals surface area contributed by atoms with Crippen molar-refractivity contribution in [2.24, 2.45) is 0 Å². The second-order valence-corrected chi connectivity index (χ2v) is 10.2. The first-order chi connectivity index (χ1) is 17.1. The molecular weight excluding hydrogens is 462 g/mol. The highest BCUT2D eigenvalue weighted by molar-refractivity contribution is 7.19. The van der Waals surface area contributed by atoms with Crippen LogP contribution in [0.25, 0.3) is 32.7 Å². The summed E-state index contributed by atoms with van der Waals surface area (Å²) in [6, 6.07) is 18.4. The van der Waals surface area contributed by atoms with Crippen molar-refractivity contribution in [3.8, 4) is 17.4 Å². The molecule has 35 heavy (non-hydrogen) atoms. The van der Waals surface area contributed by atoms with Crippen LogP contribution in [0.15, 0.2) is 63.4 Å². The molecule has 180 valence electrons. The molecule has 1 aliphatic rings. The van der Waals surface area contributed by atoms with E-state index in [1.54, 1.807) is 6.92 Å². The topological polar surface area (TPSA) is 84.8 Å². The number of aromatic nitrogens is 2. The third-order valence-electron chi connectivity index (χ3n) is 6.59. The summed E-state index contributed by atoms with van der Waals surface area (Å²) in [6.45, 7) is 4.53. The zero-order chi connectivity index (χ0) is 23.8. The van der Waals surface area contributed by atoms with Crippen LogP contribution in [-0.2, 0) is 0 Å². The molecule has 4 heterocycles. The molecule has 6 rings (SSSR count). The van der Waals surface area contributed by atoms with Gasteiger partial charge in [0.05, 0.1) is 5.39 Å². The van der Waals surface area contributed by atoms with Gasteiger partial charge >= 0.3 is 0 Å². The van der Waals surface area contributed by atoms with Crippen molar-refractivity contribution in [1.29, 1.82) is 0 Å². The zero-order valence-electron chi connectivity index (χ0n) is 19.5. The monoisotopic (exact) mass is 489 g/mol. The van der Waals surface area contributed by atoms with E-state index in [9.17, 15) is 5.11 Å². The number of fused-ring (bicyclic) bond motifs is 2. The molecule has 1 N–H and O–H groups in total. The van der Waals surface area contributed by atoms with Crippen LogP contribution < -0.4 is 4.74 Å². The maximum absolute atomic E-state index is 10.7. The summed E-state index contributed by atoms with van der Waals surface area (Å²) >= 11 is 1.92. The molecule has 7 nitrogen and oxygen atoms in total. The molecule has 0 spiro atoms. The highest BCUT2D eigenvalue weighted by Crippen LogP contribution is 2.36. The Bertz CT molecular complexity index is 1410. The number of piperidine rings is 1. The van der Waals surface area contributed by atoms with Gasteiger partial charge in [0.2, 0.25) is 5.89 Å². The summed E-state index contributed by atoms with van der Waals surface area (Å²) < 4.78 is 18.7. The summed E-state index contributed by atoms with van der Waals surface area (Å²) in [5.41, 5.74) is 0.672. The molecule has 0 radical (unpaired) electrons. The Hall–Kier alpha value is -3.20. The number of ether oxygens (including phenoxy) is 1. The number of β-amino-alcohol motifs (C(OH)–C–C–N with tert-alkyl or cyclic N) is 1. The van der Waals surface area contributed by atoms with Crippen molar-refractivity contribution in [2.75, 3.05) is 26.2 Å². The molecule has 8 heteroatoms. The van der Waals surface area contributed by atoms with Crippen LogP contribution in [-0.4, -0.2) is 52.5 Å². The van der Waals surface area contributed by atoms with Crippen molar-refractivity contribution in [3.05, 3.63) is 65.4 Å². The van der Waals surface area contributed by atoms with Crippen molar-refractivity contribution in [1.82, 2.24) is 15.1 Å². The van der Waals surface area contributed by atoms with Crippen LogP contribution in [0.1, 0.15) is 29.5 Å². The fraction of sp³-hybridized carbons (Fsp3) is 0.333. The highest BCUT2D eigenvalue weighted by Gasteiger charge is 2.24. The third-order valence-corrected chi connectivity index (χ3v) is 7.87. The van der Waals surface area contributed by atoms with Crippen molar-refractivity contribution >= 4 is 32.4 Å². The van der Waals surface area contributed by atoms with Gasteiger partial charge in [0.25, 0.3) is 5.89 Å². The van der Waals surface area contributed by atoms with Crippen LogP contribution >= 0.6 is 11.3 Å². The Morgan fingerprint density at radius 1 is 1.09 bits per heavy atom. The number of aliphatic hydroxyl groups excluding tert-OH is 1. The van der Waals surface area contributed by atoms with E-state index < -0.39 is 6.10 Å². The lowest BCUT2D eigenvalue weighted by molar-refractivity contribution is 0.0600. The number of likely N-dealkylation sites (tertiary alicyclic amines) is 1. The van der Waals surface area contributed by atoms with Gasteiger partial charge in [0.15, 0.2) is 5.76 Å². The first-order valence-corrected chi connectivity index (χ1v) is 12.8.